The number of hydrogen-bond acceptors (Lipinski definition) is 3. The molecule has 0 aliphatic heterocycles. The van der Waals surface area contributed by atoms with Crippen LogP contribution in [-0.2, 0) is 0 Å². The van der Waals surface area contributed by atoms with Crippen LogP contribution in [0, 0.1) is 6.92 Å². The highest BCUT2D eigenvalue weighted by molar-refractivity contribution is 7.99. The summed E-state index contributed by atoms with van der Waals surface area (Å²) in [4.78, 5) is 5.38. The first-order chi connectivity index (χ1) is 7.66. The molecule has 0 atom stereocenters. The van der Waals surface area contributed by atoms with E-state index in [4.69, 9.17) is 17.3 Å². The maximum atomic E-state index is 5.85. The first-order valence-corrected chi connectivity index (χ1v) is 6.01. The normalized spacial score (nSPS) is 10.4. The van der Waals surface area contributed by atoms with Gasteiger partial charge in [-0.15, -0.1) is 0 Å². The number of hydrogen-bond donors (Lipinski definition) is 1. The van der Waals surface area contributed by atoms with Crippen molar-refractivity contribution in [3.8, 4) is 0 Å². The van der Waals surface area contributed by atoms with Crippen LogP contribution in [-0.4, -0.2) is 4.98 Å². The molecule has 2 nitrogen and oxygen atoms in total. The molecular weight excluding hydrogens is 240 g/mol. The van der Waals surface area contributed by atoms with Crippen molar-refractivity contribution in [2.45, 2.75) is 16.8 Å². The number of halogens is 1. The fourth-order valence-electron chi connectivity index (χ4n) is 1.30. The molecule has 1 heterocycles. The van der Waals surface area contributed by atoms with Gasteiger partial charge in [-0.05, 0) is 24.6 Å². The van der Waals surface area contributed by atoms with E-state index in [1.807, 2.05) is 12.1 Å². The Bertz CT molecular complexity index is 514. The van der Waals surface area contributed by atoms with Gasteiger partial charge in [0.1, 0.15) is 5.03 Å². The summed E-state index contributed by atoms with van der Waals surface area (Å²) in [6.45, 7) is 2.06. The van der Waals surface area contributed by atoms with Crippen molar-refractivity contribution < 1.29 is 0 Å². The van der Waals surface area contributed by atoms with Gasteiger partial charge in [0.25, 0.3) is 0 Å². The molecule has 0 aliphatic rings. The van der Waals surface area contributed by atoms with E-state index in [1.165, 1.54) is 5.56 Å². The first-order valence-electron chi connectivity index (χ1n) is 4.81. The zero-order valence-corrected chi connectivity index (χ0v) is 10.3. The highest BCUT2D eigenvalue weighted by Gasteiger charge is 2.05. The van der Waals surface area contributed by atoms with Crippen LogP contribution in [0.15, 0.2) is 46.5 Å². The zero-order valence-electron chi connectivity index (χ0n) is 8.77. The Balaban J connectivity index is 2.31. The molecule has 82 valence electrons. The molecule has 0 radical (unpaired) electrons. The fraction of sp³-hybridized carbons (Fsp3) is 0.0833. The molecule has 0 unspecified atom stereocenters. The quantitative estimate of drug-likeness (QED) is 0.882. The largest absolute Gasteiger partial charge is 0.396 e. The summed E-state index contributed by atoms with van der Waals surface area (Å²) in [5, 5.41) is 1.35. The second kappa shape index (κ2) is 4.76. The number of nitrogens with zero attached hydrogens (tertiary/aromatic N) is 1. The van der Waals surface area contributed by atoms with Crippen molar-refractivity contribution in [3.05, 3.63) is 47.1 Å². The summed E-state index contributed by atoms with van der Waals surface area (Å²) in [5.41, 5.74) is 7.68. The highest BCUT2D eigenvalue weighted by Crippen LogP contribution is 2.32. The number of aryl methyl sites for hydroxylation is 1. The van der Waals surface area contributed by atoms with Crippen LogP contribution in [0.1, 0.15) is 5.56 Å². The Morgan fingerprint density at radius 1 is 1.31 bits per heavy atom. The third-order valence-electron chi connectivity index (χ3n) is 2.15. The SMILES string of the molecule is Cc1ccccc1Sc1ncc(Cl)cc1N. The van der Waals surface area contributed by atoms with Crippen molar-refractivity contribution in [1.82, 2.24) is 4.98 Å². The van der Waals surface area contributed by atoms with Crippen molar-refractivity contribution in [3.63, 3.8) is 0 Å². The molecule has 0 amide bonds. The van der Waals surface area contributed by atoms with Gasteiger partial charge in [-0.1, -0.05) is 41.6 Å². The number of anilines is 1. The standard InChI is InChI=1S/C12H11ClN2S/c1-8-4-2-3-5-11(8)16-12-10(14)6-9(13)7-15-12/h2-7H,14H2,1H3. The molecule has 0 saturated heterocycles. The lowest BCUT2D eigenvalue weighted by atomic mass is 10.2. The summed E-state index contributed by atoms with van der Waals surface area (Å²) < 4.78 is 0. The topological polar surface area (TPSA) is 38.9 Å². The maximum Gasteiger partial charge on any atom is 0.124 e. The van der Waals surface area contributed by atoms with Gasteiger partial charge in [0.15, 0.2) is 0 Å². The molecule has 1 aromatic carbocycles. The highest BCUT2D eigenvalue weighted by atomic mass is 35.5. The number of nitrogens with two attached hydrogens (primary N) is 1. The van der Waals surface area contributed by atoms with Gasteiger partial charge in [-0.25, -0.2) is 4.98 Å². The fourth-order valence-corrected chi connectivity index (χ4v) is 2.34. The predicted octanol–water partition coefficient (Wildman–Crippen LogP) is 3.78. The second-order valence-electron chi connectivity index (χ2n) is 3.42. The minimum Gasteiger partial charge on any atom is -0.396 e. The lowest BCUT2D eigenvalue weighted by Gasteiger charge is -2.06. The maximum absolute atomic E-state index is 5.85. The minimum absolute atomic E-state index is 0.562. The van der Waals surface area contributed by atoms with Crippen LogP contribution in [0.5, 0.6) is 0 Å². The van der Waals surface area contributed by atoms with E-state index < -0.39 is 0 Å². The van der Waals surface area contributed by atoms with Crippen molar-refractivity contribution >= 4 is 29.1 Å². The lowest BCUT2D eigenvalue weighted by Crippen LogP contribution is -1.91. The Kier molecular flexibility index (Phi) is 3.36. The van der Waals surface area contributed by atoms with Crippen LogP contribution in [0.25, 0.3) is 0 Å². The van der Waals surface area contributed by atoms with Crippen LogP contribution in [0.3, 0.4) is 0 Å². The molecule has 0 aliphatic carbocycles. The van der Waals surface area contributed by atoms with E-state index in [0.717, 1.165) is 9.92 Å². The van der Waals surface area contributed by atoms with Crippen molar-refractivity contribution in [2.24, 2.45) is 0 Å². The second-order valence-corrected chi connectivity index (χ2v) is 4.88. The molecular formula is C12H11ClN2S. The van der Waals surface area contributed by atoms with E-state index >= 15 is 0 Å². The molecule has 2 aromatic rings. The Morgan fingerprint density at radius 2 is 2.06 bits per heavy atom. The molecule has 0 saturated carbocycles. The van der Waals surface area contributed by atoms with Gasteiger partial charge in [0, 0.05) is 11.1 Å². The molecule has 4 heteroatoms. The van der Waals surface area contributed by atoms with Gasteiger partial charge in [-0.2, -0.15) is 0 Å². The van der Waals surface area contributed by atoms with Crippen LogP contribution in [0.2, 0.25) is 5.02 Å². The molecule has 2 rings (SSSR count). The minimum atomic E-state index is 0.562. The van der Waals surface area contributed by atoms with E-state index in [2.05, 4.69) is 24.0 Å². The number of pyridine rings is 1. The molecule has 0 spiro atoms. The van der Waals surface area contributed by atoms with Gasteiger partial charge in [0.05, 0.1) is 10.7 Å². The summed E-state index contributed by atoms with van der Waals surface area (Å²) in [5.74, 6) is 0. The molecule has 0 fully saturated rings. The van der Waals surface area contributed by atoms with Gasteiger partial charge < -0.3 is 5.73 Å². The van der Waals surface area contributed by atoms with E-state index in [-0.39, 0.29) is 0 Å². The van der Waals surface area contributed by atoms with Gasteiger partial charge >= 0.3 is 0 Å². The molecule has 0 bridgehead atoms. The summed E-state index contributed by atoms with van der Waals surface area (Å²) in [7, 11) is 0. The third kappa shape index (κ3) is 2.49. The average molecular weight is 251 g/mol. The van der Waals surface area contributed by atoms with Crippen LogP contribution < -0.4 is 5.73 Å². The average Bonchev–Trinajstić information content (AvgIpc) is 2.25. The lowest BCUT2D eigenvalue weighted by molar-refractivity contribution is 1.14. The van der Waals surface area contributed by atoms with Gasteiger partial charge in [-0.3, -0.25) is 0 Å². The van der Waals surface area contributed by atoms with E-state index in [9.17, 15) is 0 Å². The molecule has 1 aromatic heterocycles. The van der Waals surface area contributed by atoms with Crippen LogP contribution >= 0.6 is 23.4 Å². The molecule has 16 heavy (non-hydrogen) atoms. The predicted molar refractivity (Wildman–Crippen MR) is 69.0 cm³/mol. The van der Waals surface area contributed by atoms with Crippen molar-refractivity contribution in [1.29, 1.82) is 0 Å². The summed E-state index contributed by atoms with van der Waals surface area (Å²) in [6, 6.07) is 9.85. The Labute approximate surface area is 104 Å². The Hall–Kier alpha value is -1.19. The summed E-state index contributed by atoms with van der Waals surface area (Å²) >= 11 is 7.35. The smallest absolute Gasteiger partial charge is 0.124 e. The van der Waals surface area contributed by atoms with Crippen molar-refractivity contribution in [2.75, 3.05) is 5.73 Å². The number of rotatable bonds is 2. The monoisotopic (exact) mass is 250 g/mol. The zero-order chi connectivity index (χ0) is 11.5. The van der Waals surface area contributed by atoms with Crippen LogP contribution in [0.4, 0.5) is 5.69 Å². The summed E-state index contributed by atoms with van der Waals surface area (Å²) in [6.07, 6.45) is 1.61. The molecule has 2 N–H and O–H groups in total. The van der Waals surface area contributed by atoms with E-state index in [0.29, 0.717) is 10.7 Å². The third-order valence-corrected chi connectivity index (χ3v) is 3.56. The Morgan fingerprint density at radius 3 is 2.75 bits per heavy atom. The number of aromatic nitrogens is 1. The number of nitrogen functional groups attached to an aromatic ring is 1. The first kappa shape index (κ1) is 11.3. The van der Waals surface area contributed by atoms with Gasteiger partial charge in [0.2, 0.25) is 0 Å². The number of benzene rings is 1. The van der Waals surface area contributed by atoms with E-state index in [1.54, 1.807) is 24.0 Å².